The van der Waals surface area contributed by atoms with E-state index in [1.807, 2.05) is 14.1 Å². The third kappa shape index (κ3) is 5.25. The van der Waals surface area contributed by atoms with E-state index in [0.717, 1.165) is 52.1 Å². The van der Waals surface area contributed by atoms with Gasteiger partial charge in [0.25, 0.3) is 0 Å². The van der Waals surface area contributed by atoms with Crippen LogP contribution in [0.4, 0.5) is 5.69 Å². The van der Waals surface area contributed by atoms with Gasteiger partial charge in [-0.05, 0) is 38.9 Å². The number of piperidine rings is 1. The van der Waals surface area contributed by atoms with Gasteiger partial charge in [-0.15, -0.1) is 0 Å². The molecule has 0 aliphatic carbocycles. The molecule has 1 atom stereocenters. The first-order chi connectivity index (χ1) is 13.3. The van der Waals surface area contributed by atoms with E-state index in [2.05, 4.69) is 52.9 Å². The summed E-state index contributed by atoms with van der Waals surface area (Å²) >= 11 is 0. The maximum absolute atomic E-state index is 12.5. The van der Waals surface area contributed by atoms with Crippen molar-refractivity contribution in [3.8, 4) is 0 Å². The van der Waals surface area contributed by atoms with Gasteiger partial charge in [-0.25, -0.2) is 0 Å². The van der Waals surface area contributed by atoms with Crippen molar-refractivity contribution in [3.05, 3.63) is 29.8 Å². The summed E-state index contributed by atoms with van der Waals surface area (Å²) in [6.07, 6.45) is 1.53. The van der Waals surface area contributed by atoms with Gasteiger partial charge in [-0.1, -0.05) is 17.7 Å². The number of β-amino-alcohol motifs (C(OH)–C–C–N with tert-alkyl or cyclic N) is 1. The fourth-order valence-electron chi connectivity index (χ4n) is 4.42. The Labute approximate surface area is 169 Å². The molecule has 0 unspecified atom stereocenters. The van der Waals surface area contributed by atoms with Gasteiger partial charge < -0.3 is 19.8 Å². The van der Waals surface area contributed by atoms with Gasteiger partial charge in [-0.3, -0.25) is 9.69 Å². The van der Waals surface area contributed by atoms with Gasteiger partial charge in [0, 0.05) is 65.6 Å². The Bertz CT molecular complexity index is 653. The number of hydrogen-bond donors (Lipinski definition) is 1. The summed E-state index contributed by atoms with van der Waals surface area (Å²) in [7, 11) is 5.73. The van der Waals surface area contributed by atoms with Crippen LogP contribution in [-0.4, -0.2) is 98.3 Å². The highest BCUT2D eigenvalue weighted by molar-refractivity contribution is 5.78. The second-order valence-corrected chi connectivity index (χ2v) is 8.97. The quantitative estimate of drug-likeness (QED) is 0.842. The van der Waals surface area contributed by atoms with Gasteiger partial charge in [0.1, 0.15) is 0 Å². The molecule has 0 spiro atoms. The molecular formula is C22H36N4O2. The van der Waals surface area contributed by atoms with Crippen LogP contribution in [0.25, 0.3) is 0 Å². The third-order valence-electron chi connectivity index (χ3n) is 6.21. The molecule has 2 aliphatic rings. The summed E-state index contributed by atoms with van der Waals surface area (Å²) in [5.74, 6) is 0.152. The molecule has 0 aromatic heterocycles. The van der Waals surface area contributed by atoms with Crippen LogP contribution in [0.15, 0.2) is 24.3 Å². The smallest absolute Gasteiger partial charge is 0.227 e. The molecule has 1 aromatic carbocycles. The number of carbonyl (C=O) groups is 1. The summed E-state index contributed by atoms with van der Waals surface area (Å²) in [4.78, 5) is 21.1. The van der Waals surface area contributed by atoms with Crippen molar-refractivity contribution in [2.24, 2.45) is 5.92 Å². The largest absolute Gasteiger partial charge is 0.388 e. The molecular weight excluding hydrogens is 352 g/mol. The molecule has 6 nitrogen and oxygen atoms in total. The Kier molecular flexibility index (Phi) is 6.63. The van der Waals surface area contributed by atoms with E-state index in [-0.39, 0.29) is 11.8 Å². The standard InChI is InChI=1S/C22H36N4O2/c1-18-5-7-20(8-6-18)26-11-9-22(28,10-12-26)17-25-14-13-24(4)15-19(16-25)21(27)23(2)3/h5-8,19,28H,9-17H2,1-4H3/t19-/m0/s1. The topological polar surface area (TPSA) is 50.3 Å². The zero-order valence-electron chi connectivity index (χ0n) is 17.9. The lowest BCUT2D eigenvalue weighted by atomic mass is 9.90. The molecule has 6 heteroatoms. The van der Waals surface area contributed by atoms with Crippen LogP contribution in [0.1, 0.15) is 18.4 Å². The van der Waals surface area contributed by atoms with E-state index in [4.69, 9.17) is 0 Å². The normalized spacial score (nSPS) is 24.0. The van der Waals surface area contributed by atoms with Crippen LogP contribution in [-0.2, 0) is 4.79 Å². The van der Waals surface area contributed by atoms with Crippen LogP contribution in [0.5, 0.6) is 0 Å². The first kappa shape index (κ1) is 21.1. The maximum atomic E-state index is 12.5. The maximum Gasteiger partial charge on any atom is 0.227 e. The minimum Gasteiger partial charge on any atom is -0.388 e. The van der Waals surface area contributed by atoms with Gasteiger partial charge in [0.15, 0.2) is 0 Å². The van der Waals surface area contributed by atoms with E-state index >= 15 is 0 Å². The fraction of sp³-hybridized carbons (Fsp3) is 0.682. The third-order valence-corrected chi connectivity index (χ3v) is 6.21. The molecule has 2 saturated heterocycles. The van der Waals surface area contributed by atoms with E-state index < -0.39 is 5.60 Å². The van der Waals surface area contributed by atoms with Gasteiger partial charge in [-0.2, -0.15) is 0 Å². The molecule has 1 aromatic rings. The number of aryl methyl sites for hydroxylation is 1. The van der Waals surface area contributed by atoms with E-state index in [9.17, 15) is 9.90 Å². The first-order valence-corrected chi connectivity index (χ1v) is 10.4. The van der Waals surface area contributed by atoms with Crippen LogP contribution < -0.4 is 4.90 Å². The minimum atomic E-state index is -0.671. The van der Waals surface area contributed by atoms with E-state index in [0.29, 0.717) is 6.54 Å². The average molecular weight is 389 g/mol. The number of aliphatic hydroxyl groups is 1. The number of rotatable bonds is 4. The van der Waals surface area contributed by atoms with Crippen molar-refractivity contribution >= 4 is 11.6 Å². The lowest BCUT2D eigenvalue weighted by Gasteiger charge is -2.42. The summed E-state index contributed by atoms with van der Waals surface area (Å²) in [6, 6.07) is 8.63. The molecule has 0 radical (unpaired) electrons. The highest BCUT2D eigenvalue weighted by Gasteiger charge is 2.36. The van der Waals surface area contributed by atoms with Gasteiger partial charge in [0.05, 0.1) is 11.5 Å². The molecule has 28 heavy (non-hydrogen) atoms. The highest BCUT2D eigenvalue weighted by atomic mass is 16.3. The van der Waals surface area contributed by atoms with Crippen molar-refractivity contribution in [1.82, 2.24) is 14.7 Å². The van der Waals surface area contributed by atoms with Crippen molar-refractivity contribution in [2.45, 2.75) is 25.4 Å². The molecule has 1 amide bonds. The molecule has 0 saturated carbocycles. The zero-order chi connectivity index (χ0) is 20.3. The van der Waals surface area contributed by atoms with E-state index in [1.165, 1.54) is 11.3 Å². The number of anilines is 1. The van der Waals surface area contributed by atoms with Crippen molar-refractivity contribution in [1.29, 1.82) is 0 Å². The number of nitrogens with zero attached hydrogens (tertiary/aromatic N) is 4. The number of amides is 1. The Balaban J connectivity index is 1.59. The van der Waals surface area contributed by atoms with Crippen molar-refractivity contribution < 1.29 is 9.90 Å². The highest BCUT2D eigenvalue weighted by Crippen LogP contribution is 2.28. The summed E-state index contributed by atoms with van der Waals surface area (Å²) in [5.41, 5.74) is 1.83. The summed E-state index contributed by atoms with van der Waals surface area (Å²) in [5, 5.41) is 11.2. The van der Waals surface area contributed by atoms with Crippen LogP contribution in [0, 0.1) is 12.8 Å². The molecule has 3 rings (SSSR count). The second-order valence-electron chi connectivity index (χ2n) is 8.97. The molecule has 2 heterocycles. The Morgan fingerprint density at radius 1 is 1.11 bits per heavy atom. The molecule has 156 valence electrons. The Morgan fingerprint density at radius 3 is 2.36 bits per heavy atom. The van der Waals surface area contributed by atoms with Crippen molar-refractivity contribution in [2.75, 3.05) is 71.9 Å². The second kappa shape index (κ2) is 8.80. The SMILES string of the molecule is Cc1ccc(N2CCC(O)(CN3CCN(C)C[C@H](C(=O)N(C)C)C3)CC2)cc1. The van der Waals surface area contributed by atoms with Gasteiger partial charge >= 0.3 is 0 Å². The predicted molar refractivity (Wildman–Crippen MR) is 114 cm³/mol. The minimum absolute atomic E-state index is 0.0289. The molecule has 0 bridgehead atoms. The fourth-order valence-corrected chi connectivity index (χ4v) is 4.42. The Hall–Kier alpha value is -1.63. The van der Waals surface area contributed by atoms with E-state index in [1.54, 1.807) is 4.90 Å². The molecule has 2 aliphatic heterocycles. The molecule has 1 N–H and O–H groups in total. The van der Waals surface area contributed by atoms with Crippen LogP contribution in [0.3, 0.4) is 0 Å². The lowest BCUT2D eigenvalue weighted by Crippen LogP contribution is -2.52. The average Bonchev–Trinajstić information content (AvgIpc) is 2.83. The first-order valence-electron chi connectivity index (χ1n) is 10.4. The molecule has 2 fully saturated rings. The number of benzene rings is 1. The number of hydrogen-bond acceptors (Lipinski definition) is 5. The Morgan fingerprint density at radius 2 is 1.75 bits per heavy atom. The lowest BCUT2D eigenvalue weighted by molar-refractivity contribution is -0.134. The zero-order valence-corrected chi connectivity index (χ0v) is 17.9. The number of carbonyl (C=O) groups excluding carboxylic acids is 1. The monoisotopic (exact) mass is 388 g/mol. The summed E-state index contributed by atoms with van der Waals surface area (Å²) in [6.45, 7) is 7.84. The summed E-state index contributed by atoms with van der Waals surface area (Å²) < 4.78 is 0. The van der Waals surface area contributed by atoms with Crippen LogP contribution >= 0.6 is 0 Å². The van der Waals surface area contributed by atoms with Crippen molar-refractivity contribution in [3.63, 3.8) is 0 Å². The number of likely N-dealkylation sites (N-methyl/N-ethyl adjacent to an activating group) is 1. The van der Waals surface area contributed by atoms with Crippen LogP contribution in [0.2, 0.25) is 0 Å². The predicted octanol–water partition coefficient (Wildman–Crippen LogP) is 1.28. The van der Waals surface area contributed by atoms with Gasteiger partial charge in [0.2, 0.25) is 5.91 Å².